The number of carbonyl (C=O) groups is 3. The van der Waals surface area contributed by atoms with Crippen LogP contribution in [0, 0.1) is 10.1 Å². The molecule has 2 aliphatic heterocycles. The quantitative estimate of drug-likeness (QED) is 0.335. The van der Waals surface area contributed by atoms with E-state index in [4.69, 9.17) is 9.47 Å². The number of hydrogen-bond donors (Lipinski definition) is 0. The predicted molar refractivity (Wildman–Crippen MR) is 124 cm³/mol. The third-order valence-electron chi connectivity index (χ3n) is 5.28. The fraction of sp³-hybridized carbons (Fsp3) is 0.261. The highest BCUT2D eigenvalue weighted by molar-refractivity contribution is 8.18. The summed E-state index contributed by atoms with van der Waals surface area (Å²) >= 11 is 0.776. The second-order valence-electron chi connectivity index (χ2n) is 7.51. The van der Waals surface area contributed by atoms with Gasteiger partial charge >= 0.3 is 0 Å². The summed E-state index contributed by atoms with van der Waals surface area (Å²) in [6, 6.07) is 13.0. The average Bonchev–Trinajstić information content (AvgIpc) is 3.11. The monoisotopic (exact) mass is 483 g/mol. The molecule has 2 saturated heterocycles. The molecule has 3 amide bonds. The molecule has 10 nitrogen and oxygen atoms in total. The molecule has 176 valence electrons. The molecular formula is C23H21N3O7S. The van der Waals surface area contributed by atoms with Crippen molar-refractivity contribution in [2.75, 3.05) is 32.8 Å². The topological polar surface area (TPSA) is 119 Å². The SMILES string of the molecule is O=C(CN1C(=O)S/C(=C/c2ccccc2OCc2ccc([N+](=O)[O-])cc2)C1=O)N1CCOCC1. The van der Waals surface area contributed by atoms with E-state index in [2.05, 4.69) is 0 Å². The Labute approximate surface area is 199 Å². The number of rotatable bonds is 7. The van der Waals surface area contributed by atoms with Crippen molar-refractivity contribution in [1.82, 2.24) is 9.80 Å². The predicted octanol–water partition coefficient (Wildman–Crippen LogP) is 3.07. The maximum absolute atomic E-state index is 12.8. The van der Waals surface area contributed by atoms with Crippen LogP contribution in [0.1, 0.15) is 11.1 Å². The van der Waals surface area contributed by atoms with Crippen LogP contribution in [-0.2, 0) is 20.9 Å². The maximum atomic E-state index is 12.8. The lowest BCUT2D eigenvalue weighted by atomic mass is 10.1. The second kappa shape index (κ2) is 10.5. The number of thioether (sulfide) groups is 1. The first-order chi connectivity index (χ1) is 16.4. The highest BCUT2D eigenvalue weighted by Crippen LogP contribution is 2.34. The zero-order valence-electron chi connectivity index (χ0n) is 18.0. The molecule has 2 aromatic carbocycles. The number of para-hydroxylation sites is 1. The molecule has 2 aliphatic rings. The Morgan fingerprint density at radius 1 is 1.12 bits per heavy atom. The summed E-state index contributed by atoms with van der Waals surface area (Å²) in [6.07, 6.45) is 1.56. The van der Waals surface area contributed by atoms with E-state index in [0.29, 0.717) is 37.6 Å². The van der Waals surface area contributed by atoms with Crippen LogP contribution in [0.2, 0.25) is 0 Å². The van der Waals surface area contributed by atoms with E-state index in [0.717, 1.165) is 22.2 Å². The summed E-state index contributed by atoms with van der Waals surface area (Å²) in [5, 5.41) is 10.3. The van der Waals surface area contributed by atoms with Gasteiger partial charge in [0.15, 0.2) is 0 Å². The summed E-state index contributed by atoms with van der Waals surface area (Å²) in [5.41, 5.74) is 1.32. The van der Waals surface area contributed by atoms with Crippen molar-refractivity contribution in [3.8, 4) is 5.75 Å². The van der Waals surface area contributed by atoms with Gasteiger partial charge in [0.25, 0.3) is 16.8 Å². The van der Waals surface area contributed by atoms with Gasteiger partial charge in [-0.15, -0.1) is 0 Å². The van der Waals surface area contributed by atoms with Crippen molar-refractivity contribution < 1.29 is 28.8 Å². The number of hydrogen-bond acceptors (Lipinski definition) is 8. The Bertz CT molecular complexity index is 1140. The highest BCUT2D eigenvalue weighted by atomic mass is 32.2. The van der Waals surface area contributed by atoms with Crippen molar-refractivity contribution in [3.05, 3.63) is 74.7 Å². The van der Waals surface area contributed by atoms with Crippen LogP contribution in [-0.4, -0.2) is 64.6 Å². The lowest BCUT2D eigenvalue weighted by Crippen LogP contribution is -2.46. The van der Waals surface area contributed by atoms with Gasteiger partial charge in [0.1, 0.15) is 18.9 Å². The van der Waals surface area contributed by atoms with Crippen LogP contribution in [0.25, 0.3) is 6.08 Å². The molecule has 0 atom stereocenters. The van der Waals surface area contributed by atoms with Crippen molar-refractivity contribution in [2.45, 2.75) is 6.61 Å². The van der Waals surface area contributed by atoms with Crippen molar-refractivity contribution in [2.24, 2.45) is 0 Å². The Hall–Kier alpha value is -3.70. The summed E-state index contributed by atoms with van der Waals surface area (Å²) in [7, 11) is 0. The number of ether oxygens (including phenoxy) is 2. The third-order valence-corrected chi connectivity index (χ3v) is 6.19. The standard InChI is InChI=1S/C23H21N3O7S/c27-21(24-9-11-32-12-10-24)14-25-22(28)20(34-23(25)29)13-17-3-1-2-4-19(17)33-15-16-5-7-18(8-6-16)26(30)31/h1-8,13H,9-12,14-15H2/b20-13+. The third kappa shape index (κ3) is 5.43. The van der Waals surface area contributed by atoms with E-state index < -0.39 is 16.1 Å². The first-order valence-corrected chi connectivity index (χ1v) is 11.3. The minimum Gasteiger partial charge on any atom is -0.488 e. The Morgan fingerprint density at radius 2 is 1.82 bits per heavy atom. The van der Waals surface area contributed by atoms with Crippen molar-refractivity contribution >= 4 is 40.6 Å². The van der Waals surface area contributed by atoms with E-state index in [1.165, 1.54) is 12.1 Å². The number of imide groups is 1. The largest absolute Gasteiger partial charge is 0.488 e. The number of nitro groups is 1. The van der Waals surface area contributed by atoms with Crippen LogP contribution in [0.3, 0.4) is 0 Å². The number of amides is 3. The van der Waals surface area contributed by atoms with Crippen LogP contribution in [0.15, 0.2) is 53.4 Å². The smallest absolute Gasteiger partial charge is 0.294 e. The molecule has 0 N–H and O–H groups in total. The summed E-state index contributed by atoms with van der Waals surface area (Å²) in [5.74, 6) is -0.336. The molecule has 0 radical (unpaired) electrons. The van der Waals surface area contributed by atoms with Gasteiger partial charge in [-0.3, -0.25) is 29.4 Å². The zero-order valence-corrected chi connectivity index (χ0v) is 18.9. The van der Waals surface area contributed by atoms with E-state index in [-0.39, 0.29) is 29.7 Å². The maximum Gasteiger partial charge on any atom is 0.294 e. The number of benzene rings is 2. The molecule has 0 aromatic heterocycles. The molecule has 4 rings (SSSR count). The van der Waals surface area contributed by atoms with Gasteiger partial charge in [-0.2, -0.15) is 0 Å². The molecule has 0 saturated carbocycles. The number of carbonyl (C=O) groups excluding carboxylic acids is 3. The zero-order chi connectivity index (χ0) is 24.1. The van der Waals surface area contributed by atoms with Gasteiger partial charge in [-0.25, -0.2) is 0 Å². The molecule has 2 fully saturated rings. The number of morpholine rings is 1. The minimum atomic E-state index is -0.526. The van der Waals surface area contributed by atoms with Crippen LogP contribution in [0.5, 0.6) is 5.75 Å². The van der Waals surface area contributed by atoms with Crippen molar-refractivity contribution in [3.63, 3.8) is 0 Å². The summed E-state index contributed by atoms with van der Waals surface area (Å²) in [6.45, 7) is 1.60. The fourth-order valence-corrected chi connectivity index (χ4v) is 4.26. The molecule has 0 spiro atoms. The lowest BCUT2D eigenvalue weighted by Gasteiger charge is -2.28. The molecule has 2 aromatic rings. The van der Waals surface area contributed by atoms with Crippen molar-refractivity contribution in [1.29, 1.82) is 0 Å². The summed E-state index contributed by atoms with van der Waals surface area (Å²) < 4.78 is 11.1. The number of nitro benzene ring substituents is 1. The Kier molecular flexibility index (Phi) is 7.24. The van der Waals surface area contributed by atoms with E-state index in [1.807, 2.05) is 0 Å². The van der Waals surface area contributed by atoms with Crippen LogP contribution >= 0.6 is 11.8 Å². The van der Waals surface area contributed by atoms with Crippen LogP contribution in [0.4, 0.5) is 10.5 Å². The van der Waals surface area contributed by atoms with E-state index in [1.54, 1.807) is 47.4 Å². The lowest BCUT2D eigenvalue weighted by molar-refractivity contribution is -0.384. The highest BCUT2D eigenvalue weighted by Gasteiger charge is 2.37. The first kappa shape index (κ1) is 23.5. The van der Waals surface area contributed by atoms with Gasteiger partial charge in [0, 0.05) is 30.8 Å². The first-order valence-electron chi connectivity index (χ1n) is 10.5. The molecule has 0 aliphatic carbocycles. The molecule has 0 bridgehead atoms. The van der Waals surface area contributed by atoms with Gasteiger partial charge in [-0.05, 0) is 41.6 Å². The van der Waals surface area contributed by atoms with E-state index >= 15 is 0 Å². The normalized spacial score (nSPS) is 17.4. The molecule has 11 heteroatoms. The number of non-ortho nitro benzene ring substituents is 1. The molecule has 34 heavy (non-hydrogen) atoms. The van der Waals surface area contributed by atoms with Crippen LogP contribution < -0.4 is 4.74 Å². The molecule has 0 unspecified atom stereocenters. The van der Waals surface area contributed by atoms with Gasteiger partial charge in [0.2, 0.25) is 5.91 Å². The summed E-state index contributed by atoms with van der Waals surface area (Å²) in [4.78, 5) is 50.8. The Morgan fingerprint density at radius 3 is 2.53 bits per heavy atom. The fourth-order valence-electron chi connectivity index (χ4n) is 3.43. The molecular weight excluding hydrogens is 462 g/mol. The van der Waals surface area contributed by atoms with Gasteiger partial charge < -0.3 is 14.4 Å². The number of nitrogens with zero attached hydrogens (tertiary/aromatic N) is 3. The van der Waals surface area contributed by atoms with Gasteiger partial charge in [0.05, 0.1) is 23.0 Å². The average molecular weight is 484 g/mol. The second-order valence-corrected chi connectivity index (χ2v) is 8.50. The Balaban J connectivity index is 1.44. The van der Waals surface area contributed by atoms with Gasteiger partial charge in [-0.1, -0.05) is 18.2 Å². The minimum absolute atomic E-state index is 0.00743. The molecule has 2 heterocycles. The van der Waals surface area contributed by atoms with E-state index in [9.17, 15) is 24.5 Å².